The normalized spacial score (nSPS) is 16.2. The molecule has 1 aliphatic carbocycles. The molecule has 1 aliphatic rings. The molecule has 0 aromatic heterocycles. The number of benzene rings is 1. The second-order valence-electron chi connectivity index (χ2n) is 3.99. The molecule has 5 heteroatoms. The van der Waals surface area contributed by atoms with Gasteiger partial charge in [-0.1, -0.05) is 5.16 Å². The zero-order chi connectivity index (χ0) is 11.7. The molecule has 0 bridgehead atoms. The lowest BCUT2D eigenvalue weighted by molar-refractivity contribution is 0.318. The summed E-state index contributed by atoms with van der Waals surface area (Å²) < 4.78 is 13.8. The molecule has 0 amide bonds. The molecule has 0 saturated heterocycles. The van der Waals surface area contributed by atoms with Crippen molar-refractivity contribution in [2.24, 2.45) is 10.9 Å². The number of oxime groups is 1. The van der Waals surface area contributed by atoms with Crippen molar-refractivity contribution in [2.75, 3.05) is 11.9 Å². The van der Waals surface area contributed by atoms with Gasteiger partial charge in [0, 0.05) is 18.7 Å². The van der Waals surface area contributed by atoms with Crippen LogP contribution < -0.4 is 10.6 Å². The van der Waals surface area contributed by atoms with E-state index < -0.39 is 0 Å². The molecule has 16 heavy (non-hydrogen) atoms. The zero-order valence-electron chi connectivity index (χ0n) is 9.02. The van der Waals surface area contributed by atoms with E-state index in [4.69, 9.17) is 10.9 Å². The highest BCUT2D eigenvalue weighted by Crippen LogP contribution is 2.31. The first kappa shape index (κ1) is 10.7. The number of hydrogen-bond acceptors (Lipinski definition) is 3. The fourth-order valence-corrected chi connectivity index (χ4v) is 1.67. The second-order valence-corrected chi connectivity index (χ2v) is 3.99. The molecule has 1 saturated carbocycles. The molecule has 0 atom stereocenters. The minimum absolute atomic E-state index is 0.0838. The molecular weight excluding hydrogens is 209 g/mol. The lowest BCUT2D eigenvalue weighted by Crippen LogP contribution is -2.21. The van der Waals surface area contributed by atoms with Crippen LogP contribution in [-0.2, 0) is 0 Å². The Morgan fingerprint density at radius 1 is 1.56 bits per heavy atom. The first-order valence-electron chi connectivity index (χ1n) is 5.13. The summed E-state index contributed by atoms with van der Waals surface area (Å²) >= 11 is 0. The van der Waals surface area contributed by atoms with Crippen molar-refractivity contribution in [2.45, 2.75) is 18.9 Å². The van der Waals surface area contributed by atoms with Crippen molar-refractivity contribution in [1.82, 2.24) is 0 Å². The third kappa shape index (κ3) is 1.93. The lowest BCUT2D eigenvalue weighted by Gasteiger charge is -2.19. The Kier molecular flexibility index (Phi) is 2.68. The van der Waals surface area contributed by atoms with Crippen LogP contribution in [0.2, 0.25) is 0 Å². The van der Waals surface area contributed by atoms with Crippen LogP contribution >= 0.6 is 0 Å². The quantitative estimate of drug-likeness (QED) is 0.353. The summed E-state index contributed by atoms with van der Waals surface area (Å²) in [6, 6.07) is 5.03. The molecule has 1 aromatic rings. The number of halogens is 1. The Morgan fingerprint density at radius 2 is 2.25 bits per heavy atom. The van der Waals surface area contributed by atoms with Crippen LogP contribution in [0.4, 0.5) is 10.1 Å². The minimum Gasteiger partial charge on any atom is -0.409 e. The van der Waals surface area contributed by atoms with Crippen LogP contribution in [0.5, 0.6) is 0 Å². The van der Waals surface area contributed by atoms with E-state index in [9.17, 15) is 4.39 Å². The van der Waals surface area contributed by atoms with Crippen LogP contribution in [0.1, 0.15) is 18.4 Å². The van der Waals surface area contributed by atoms with E-state index in [1.807, 2.05) is 11.9 Å². The summed E-state index contributed by atoms with van der Waals surface area (Å²) in [7, 11) is 1.87. The molecule has 0 unspecified atom stereocenters. The van der Waals surface area contributed by atoms with Crippen molar-refractivity contribution in [3.05, 3.63) is 29.6 Å². The van der Waals surface area contributed by atoms with Gasteiger partial charge < -0.3 is 15.8 Å². The van der Waals surface area contributed by atoms with E-state index in [0.717, 1.165) is 12.8 Å². The SMILES string of the molecule is CN(c1ccc(/C(N)=N/O)cc1F)C1CC1. The molecule has 1 fully saturated rings. The molecule has 2 rings (SSSR count). The lowest BCUT2D eigenvalue weighted by atomic mass is 10.1. The Labute approximate surface area is 93.2 Å². The van der Waals surface area contributed by atoms with Gasteiger partial charge in [-0.2, -0.15) is 0 Å². The van der Waals surface area contributed by atoms with Crippen LogP contribution in [0.25, 0.3) is 0 Å². The maximum atomic E-state index is 13.8. The van der Waals surface area contributed by atoms with Crippen LogP contribution in [-0.4, -0.2) is 24.1 Å². The van der Waals surface area contributed by atoms with Gasteiger partial charge in [-0.05, 0) is 31.0 Å². The highest BCUT2D eigenvalue weighted by atomic mass is 19.1. The standard InChI is InChI=1S/C11H14FN3O/c1-15(8-3-4-8)10-5-2-7(6-9(10)12)11(13)14-16/h2,5-6,8,16H,3-4H2,1H3,(H2,13,14). The number of anilines is 1. The van der Waals surface area contributed by atoms with Crippen LogP contribution in [0, 0.1) is 5.82 Å². The third-order valence-electron chi connectivity index (χ3n) is 2.83. The van der Waals surface area contributed by atoms with Crippen LogP contribution in [0.15, 0.2) is 23.4 Å². The van der Waals surface area contributed by atoms with Gasteiger partial charge in [0.2, 0.25) is 0 Å². The average Bonchev–Trinajstić information content (AvgIpc) is 3.10. The highest BCUT2D eigenvalue weighted by Gasteiger charge is 2.27. The first-order valence-corrected chi connectivity index (χ1v) is 5.13. The Balaban J connectivity index is 2.28. The predicted molar refractivity (Wildman–Crippen MR) is 60.3 cm³/mol. The van der Waals surface area contributed by atoms with Crippen LogP contribution in [0.3, 0.4) is 0 Å². The van der Waals surface area contributed by atoms with E-state index in [2.05, 4.69) is 5.16 Å². The molecule has 3 N–H and O–H groups in total. The first-order chi connectivity index (χ1) is 7.63. The van der Waals surface area contributed by atoms with Gasteiger partial charge >= 0.3 is 0 Å². The van der Waals surface area contributed by atoms with Crippen molar-refractivity contribution < 1.29 is 9.60 Å². The van der Waals surface area contributed by atoms with Gasteiger partial charge in [-0.3, -0.25) is 0 Å². The number of nitrogens with zero attached hydrogens (tertiary/aromatic N) is 2. The smallest absolute Gasteiger partial charge is 0.170 e. The highest BCUT2D eigenvalue weighted by molar-refractivity contribution is 5.97. The molecule has 0 spiro atoms. The van der Waals surface area contributed by atoms with Gasteiger partial charge in [0.25, 0.3) is 0 Å². The van der Waals surface area contributed by atoms with Crippen molar-refractivity contribution >= 4 is 11.5 Å². The Bertz CT molecular complexity index is 429. The topological polar surface area (TPSA) is 61.8 Å². The van der Waals surface area contributed by atoms with E-state index in [1.54, 1.807) is 12.1 Å². The average molecular weight is 223 g/mol. The number of amidine groups is 1. The summed E-state index contributed by atoms with van der Waals surface area (Å²) in [5, 5.41) is 11.3. The Hall–Kier alpha value is -1.78. The molecule has 0 aliphatic heterocycles. The number of rotatable bonds is 3. The van der Waals surface area contributed by atoms with Gasteiger partial charge in [-0.15, -0.1) is 0 Å². The zero-order valence-corrected chi connectivity index (χ0v) is 9.02. The summed E-state index contributed by atoms with van der Waals surface area (Å²) in [5.74, 6) is -0.432. The van der Waals surface area contributed by atoms with E-state index in [-0.39, 0.29) is 11.7 Å². The predicted octanol–water partition coefficient (Wildman–Crippen LogP) is 1.52. The summed E-state index contributed by atoms with van der Waals surface area (Å²) in [5.41, 5.74) is 6.32. The maximum absolute atomic E-state index is 13.8. The molecule has 0 radical (unpaired) electrons. The molecule has 86 valence electrons. The monoisotopic (exact) mass is 223 g/mol. The van der Waals surface area contributed by atoms with Gasteiger partial charge in [0.15, 0.2) is 5.84 Å². The number of nitrogens with two attached hydrogens (primary N) is 1. The fraction of sp³-hybridized carbons (Fsp3) is 0.364. The Morgan fingerprint density at radius 3 is 2.75 bits per heavy atom. The summed E-state index contributed by atoms with van der Waals surface area (Å²) in [4.78, 5) is 1.92. The second kappa shape index (κ2) is 4.00. The largest absolute Gasteiger partial charge is 0.409 e. The third-order valence-corrected chi connectivity index (χ3v) is 2.83. The van der Waals surface area contributed by atoms with E-state index in [0.29, 0.717) is 17.3 Å². The number of hydrogen-bond donors (Lipinski definition) is 2. The fourth-order valence-electron chi connectivity index (χ4n) is 1.67. The van der Waals surface area contributed by atoms with Gasteiger partial charge in [0.05, 0.1) is 5.69 Å². The molecule has 0 heterocycles. The van der Waals surface area contributed by atoms with Gasteiger partial charge in [-0.25, -0.2) is 4.39 Å². The van der Waals surface area contributed by atoms with Gasteiger partial charge in [0.1, 0.15) is 5.82 Å². The van der Waals surface area contributed by atoms with Crippen molar-refractivity contribution in [3.8, 4) is 0 Å². The molecular formula is C11H14FN3O. The van der Waals surface area contributed by atoms with Crippen molar-refractivity contribution in [1.29, 1.82) is 0 Å². The summed E-state index contributed by atoms with van der Waals surface area (Å²) in [6.45, 7) is 0. The maximum Gasteiger partial charge on any atom is 0.170 e. The van der Waals surface area contributed by atoms with Crippen molar-refractivity contribution in [3.63, 3.8) is 0 Å². The molecule has 4 nitrogen and oxygen atoms in total. The van der Waals surface area contributed by atoms with E-state index >= 15 is 0 Å². The molecule has 1 aromatic carbocycles. The van der Waals surface area contributed by atoms with E-state index in [1.165, 1.54) is 6.07 Å². The summed E-state index contributed by atoms with van der Waals surface area (Å²) in [6.07, 6.45) is 2.22. The minimum atomic E-state index is -0.349.